The molecule has 0 saturated carbocycles. The van der Waals surface area contributed by atoms with Gasteiger partial charge in [0.15, 0.2) is 5.16 Å². The Balaban J connectivity index is 2.47. The summed E-state index contributed by atoms with van der Waals surface area (Å²) >= 11 is 1.41. The monoisotopic (exact) mass is 347 g/mol. The van der Waals surface area contributed by atoms with E-state index in [1.165, 1.54) is 44.2 Å². The highest BCUT2D eigenvalue weighted by Crippen LogP contribution is 2.24. The molecule has 0 saturated heterocycles. The number of hydrogen-bond donors (Lipinski definition) is 1. The first-order valence-corrected chi connectivity index (χ1v) is 8.18. The van der Waals surface area contributed by atoms with E-state index in [0.29, 0.717) is 22.2 Å². The molecule has 126 valence electrons. The number of carbonyl (C=O) groups is 2. The van der Waals surface area contributed by atoms with Crippen molar-refractivity contribution in [1.82, 2.24) is 9.97 Å². The summed E-state index contributed by atoms with van der Waals surface area (Å²) in [5.41, 5.74) is 1.77. The number of thioether (sulfide) groups is 1. The summed E-state index contributed by atoms with van der Waals surface area (Å²) < 4.78 is 9.49. The number of aryl methyl sites for hydroxylation is 1. The molecule has 8 heteroatoms. The van der Waals surface area contributed by atoms with Gasteiger partial charge >= 0.3 is 11.9 Å². The minimum atomic E-state index is -0.523. The Hall–Kier alpha value is -2.61. The maximum Gasteiger partial charge on any atom is 0.339 e. The maximum atomic E-state index is 11.9. The lowest BCUT2D eigenvalue weighted by Crippen LogP contribution is -2.09. The van der Waals surface area contributed by atoms with Crippen LogP contribution in [0.25, 0.3) is 0 Å². The van der Waals surface area contributed by atoms with Gasteiger partial charge in [-0.05, 0) is 31.4 Å². The normalized spacial score (nSPS) is 10.2. The number of aromatic nitrogens is 2. The van der Waals surface area contributed by atoms with Gasteiger partial charge in [-0.2, -0.15) is 0 Å². The van der Waals surface area contributed by atoms with E-state index >= 15 is 0 Å². The highest BCUT2D eigenvalue weighted by atomic mass is 32.2. The number of anilines is 2. The van der Waals surface area contributed by atoms with E-state index in [9.17, 15) is 9.59 Å². The van der Waals surface area contributed by atoms with Crippen molar-refractivity contribution in [2.45, 2.75) is 12.1 Å². The van der Waals surface area contributed by atoms with E-state index in [0.717, 1.165) is 5.69 Å². The summed E-state index contributed by atoms with van der Waals surface area (Å²) in [7, 11) is 2.59. The average Bonchev–Trinajstić information content (AvgIpc) is 2.59. The van der Waals surface area contributed by atoms with E-state index in [-0.39, 0.29) is 5.56 Å². The fraction of sp³-hybridized carbons (Fsp3) is 0.250. The van der Waals surface area contributed by atoms with Crippen LogP contribution in [0.4, 0.5) is 11.5 Å². The minimum Gasteiger partial charge on any atom is -0.465 e. The molecule has 0 aliphatic heterocycles. The summed E-state index contributed by atoms with van der Waals surface area (Å²) in [6.07, 6.45) is 1.87. The van der Waals surface area contributed by atoms with E-state index in [1.807, 2.05) is 13.2 Å². The molecule has 1 heterocycles. The zero-order valence-electron chi connectivity index (χ0n) is 13.7. The summed E-state index contributed by atoms with van der Waals surface area (Å²) in [5, 5.41) is 3.65. The predicted octanol–water partition coefficient (Wildman–Crippen LogP) is 2.82. The summed E-state index contributed by atoms with van der Waals surface area (Å²) in [4.78, 5) is 32.3. The lowest BCUT2D eigenvalue weighted by molar-refractivity contribution is 0.0587. The van der Waals surface area contributed by atoms with E-state index in [4.69, 9.17) is 9.47 Å². The van der Waals surface area contributed by atoms with Gasteiger partial charge in [0.25, 0.3) is 0 Å². The smallest absolute Gasteiger partial charge is 0.339 e. The van der Waals surface area contributed by atoms with Crippen molar-refractivity contribution in [2.24, 2.45) is 0 Å². The summed E-state index contributed by atoms with van der Waals surface area (Å²) in [6.45, 7) is 1.85. The number of carbonyl (C=O) groups excluding carboxylic acids is 2. The second-order valence-electron chi connectivity index (χ2n) is 4.75. The van der Waals surface area contributed by atoms with Gasteiger partial charge in [0.2, 0.25) is 0 Å². The van der Waals surface area contributed by atoms with Crippen LogP contribution in [0.15, 0.2) is 29.4 Å². The molecule has 0 bridgehead atoms. The molecule has 24 heavy (non-hydrogen) atoms. The molecule has 1 aromatic carbocycles. The molecule has 1 N–H and O–H groups in total. The van der Waals surface area contributed by atoms with Crippen molar-refractivity contribution in [3.8, 4) is 0 Å². The quantitative estimate of drug-likeness (QED) is 0.502. The Morgan fingerprint density at radius 2 is 1.79 bits per heavy atom. The molecular weight excluding hydrogens is 330 g/mol. The molecule has 0 radical (unpaired) electrons. The first-order valence-electron chi connectivity index (χ1n) is 6.96. The molecule has 0 atom stereocenters. The first kappa shape index (κ1) is 17.7. The highest BCUT2D eigenvalue weighted by Gasteiger charge is 2.16. The van der Waals surface area contributed by atoms with Crippen molar-refractivity contribution in [3.63, 3.8) is 0 Å². The van der Waals surface area contributed by atoms with Crippen LogP contribution < -0.4 is 5.32 Å². The molecule has 0 aliphatic rings. The summed E-state index contributed by atoms with van der Waals surface area (Å²) in [6, 6.07) is 6.27. The number of benzene rings is 1. The molecule has 0 spiro atoms. The number of nitrogens with zero attached hydrogens (tertiary/aromatic N) is 2. The fourth-order valence-electron chi connectivity index (χ4n) is 2.02. The number of esters is 2. The van der Waals surface area contributed by atoms with Crippen molar-refractivity contribution in [1.29, 1.82) is 0 Å². The predicted molar refractivity (Wildman–Crippen MR) is 91.0 cm³/mol. The molecule has 7 nitrogen and oxygen atoms in total. The van der Waals surface area contributed by atoms with E-state index < -0.39 is 11.9 Å². The van der Waals surface area contributed by atoms with Crippen LogP contribution in [0.1, 0.15) is 26.4 Å². The van der Waals surface area contributed by atoms with Crippen molar-refractivity contribution < 1.29 is 19.1 Å². The second-order valence-corrected chi connectivity index (χ2v) is 5.52. The number of methoxy groups -OCH3 is 2. The third-order valence-corrected chi connectivity index (χ3v) is 3.67. The van der Waals surface area contributed by atoms with Crippen LogP contribution in [0.5, 0.6) is 0 Å². The number of rotatable bonds is 5. The Morgan fingerprint density at radius 3 is 2.42 bits per heavy atom. The standard InChI is InChI=1S/C16H17N3O4S/c1-9-7-13(19-16(17-9)24-4)18-12-8-10(14(20)22-2)5-6-11(12)15(21)23-3/h5-8H,1-4H3,(H,17,18,19). The van der Waals surface area contributed by atoms with Crippen molar-refractivity contribution >= 4 is 35.2 Å². The van der Waals surface area contributed by atoms with Gasteiger partial charge in [-0.15, -0.1) is 0 Å². The lowest BCUT2D eigenvalue weighted by Gasteiger charge is -2.12. The maximum absolute atomic E-state index is 11.9. The van der Waals surface area contributed by atoms with Crippen molar-refractivity contribution in [3.05, 3.63) is 41.1 Å². The molecular formula is C16H17N3O4S. The summed E-state index contributed by atoms with van der Waals surface area (Å²) in [5.74, 6) is -0.512. The van der Waals surface area contributed by atoms with Gasteiger partial charge in [-0.25, -0.2) is 19.6 Å². The average molecular weight is 347 g/mol. The minimum absolute atomic E-state index is 0.284. The zero-order chi connectivity index (χ0) is 17.7. The second kappa shape index (κ2) is 7.78. The molecule has 0 aliphatic carbocycles. The Labute approximate surface area is 143 Å². The van der Waals surface area contributed by atoms with E-state index in [2.05, 4.69) is 15.3 Å². The topological polar surface area (TPSA) is 90.4 Å². The van der Waals surface area contributed by atoms with Gasteiger partial charge in [0, 0.05) is 11.8 Å². The van der Waals surface area contributed by atoms with E-state index in [1.54, 1.807) is 6.07 Å². The Morgan fingerprint density at radius 1 is 1.08 bits per heavy atom. The molecule has 1 aromatic heterocycles. The Bertz CT molecular complexity index is 780. The van der Waals surface area contributed by atoms with Crippen molar-refractivity contribution in [2.75, 3.05) is 25.8 Å². The van der Waals surface area contributed by atoms with Gasteiger partial charge in [-0.3, -0.25) is 0 Å². The fourth-order valence-corrected chi connectivity index (χ4v) is 2.44. The van der Waals surface area contributed by atoms with Crippen LogP contribution in [-0.2, 0) is 9.47 Å². The third-order valence-electron chi connectivity index (χ3n) is 3.12. The number of hydrogen-bond acceptors (Lipinski definition) is 8. The Kier molecular flexibility index (Phi) is 5.75. The van der Waals surface area contributed by atoms with Crippen LogP contribution in [0.3, 0.4) is 0 Å². The van der Waals surface area contributed by atoms with Gasteiger partial charge in [0.1, 0.15) is 5.82 Å². The van der Waals surface area contributed by atoms with Crippen LogP contribution in [0, 0.1) is 6.92 Å². The molecule has 0 amide bonds. The van der Waals surface area contributed by atoms with Gasteiger partial charge in [0.05, 0.1) is 31.0 Å². The van der Waals surface area contributed by atoms with Crippen LogP contribution >= 0.6 is 11.8 Å². The third kappa shape index (κ3) is 4.02. The molecule has 0 unspecified atom stereocenters. The number of nitrogens with one attached hydrogen (secondary N) is 1. The highest BCUT2D eigenvalue weighted by molar-refractivity contribution is 7.98. The molecule has 2 rings (SSSR count). The molecule has 0 fully saturated rings. The van der Waals surface area contributed by atoms with Gasteiger partial charge in [-0.1, -0.05) is 11.8 Å². The van der Waals surface area contributed by atoms with Crippen LogP contribution in [-0.4, -0.2) is 42.4 Å². The lowest BCUT2D eigenvalue weighted by atomic mass is 10.1. The SMILES string of the molecule is COC(=O)c1ccc(C(=O)OC)c(Nc2cc(C)nc(SC)n2)c1. The number of ether oxygens (including phenoxy) is 2. The van der Waals surface area contributed by atoms with Gasteiger partial charge < -0.3 is 14.8 Å². The molecule has 2 aromatic rings. The first-order chi connectivity index (χ1) is 11.5. The zero-order valence-corrected chi connectivity index (χ0v) is 14.6. The van der Waals surface area contributed by atoms with Crippen LogP contribution in [0.2, 0.25) is 0 Å². The largest absolute Gasteiger partial charge is 0.465 e.